The van der Waals surface area contributed by atoms with Crippen molar-refractivity contribution in [2.24, 2.45) is 4.99 Å². The van der Waals surface area contributed by atoms with Gasteiger partial charge in [0.1, 0.15) is 17.4 Å². The van der Waals surface area contributed by atoms with Gasteiger partial charge in [-0.05, 0) is 151 Å². The zero-order chi connectivity index (χ0) is 46.3. The Morgan fingerprint density at radius 2 is 1.14 bits per heavy atom. The van der Waals surface area contributed by atoms with Crippen molar-refractivity contribution >= 4 is 51.7 Å². The molecule has 0 radical (unpaired) electrons. The summed E-state index contributed by atoms with van der Waals surface area (Å²) < 4.78 is 35.5. The van der Waals surface area contributed by atoms with Gasteiger partial charge in [-0.1, -0.05) is 127 Å². The monoisotopic (exact) mass is 919 g/mol. The molecule has 1 atom stereocenters. The van der Waals surface area contributed by atoms with Crippen molar-refractivity contribution in [2.75, 3.05) is 20.1 Å². The summed E-state index contributed by atoms with van der Waals surface area (Å²) in [6.07, 6.45) is 1.92. The van der Waals surface area contributed by atoms with Crippen LogP contribution in [0.3, 0.4) is 0 Å². The van der Waals surface area contributed by atoms with E-state index in [0.717, 1.165) is 46.7 Å². The molecule has 0 saturated heterocycles. The van der Waals surface area contributed by atoms with Crippen molar-refractivity contribution in [2.45, 2.75) is 77.9 Å². The van der Waals surface area contributed by atoms with Crippen LogP contribution in [0.2, 0.25) is 0 Å². The predicted molar refractivity (Wildman–Crippen MR) is 268 cm³/mol. The lowest BCUT2D eigenvalue weighted by Crippen LogP contribution is -2.29. The van der Waals surface area contributed by atoms with Gasteiger partial charge in [-0.25, -0.2) is 8.42 Å². The molecule has 332 valence electrons. The standard InChI is InChI=1S/C23H21NO2S2.C23H22OS.C8H11BO3/c1-16-7-10-21(11-8-16)28(25,26)15-24-17(2)18-9-12-23-20(13-18)14-19-5-3-4-6-22(19)27-23;1-15-12-17(8-10-21(15)24-3)16(2)18-9-11-23-20(13-18)14-19-6-4-5-7-22(19)25-23;1-6-5-7(9(10)11)3-4-8(6)12-2/h3-13H,14-15H2,1-2H3;4-13,16H,14H2,1-3H3;3-5,10-11H,1-2H3. The van der Waals surface area contributed by atoms with E-state index in [1.165, 1.54) is 58.5 Å². The summed E-state index contributed by atoms with van der Waals surface area (Å²) in [5.74, 6) is 1.84. The van der Waals surface area contributed by atoms with Crippen molar-refractivity contribution in [3.05, 3.63) is 201 Å². The summed E-state index contributed by atoms with van der Waals surface area (Å²) in [6, 6.07) is 48.8. The lowest BCUT2D eigenvalue weighted by Gasteiger charge is -2.21. The topological polar surface area (TPSA) is 105 Å². The summed E-state index contributed by atoms with van der Waals surface area (Å²) in [5, 5.41) is 17.7. The Morgan fingerprint density at radius 3 is 1.71 bits per heavy atom. The lowest BCUT2D eigenvalue weighted by atomic mass is 9.79. The third kappa shape index (κ3) is 11.6. The molecule has 0 fully saturated rings. The van der Waals surface area contributed by atoms with Crippen LogP contribution in [0, 0.1) is 20.8 Å². The van der Waals surface area contributed by atoms with E-state index < -0.39 is 17.0 Å². The van der Waals surface area contributed by atoms with Gasteiger partial charge in [0, 0.05) is 31.2 Å². The minimum Gasteiger partial charge on any atom is -0.496 e. The zero-order valence-corrected chi connectivity index (χ0v) is 40.3. The molecular weight excluding hydrogens is 866 g/mol. The Kier molecular flexibility index (Phi) is 15.4. The first-order valence-electron chi connectivity index (χ1n) is 21.5. The van der Waals surface area contributed by atoms with Gasteiger partial charge in [0.15, 0.2) is 9.84 Å². The number of hydrogen-bond acceptors (Lipinski definition) is 9. The van der Waals surface area contributed by atoms with Crippen LogP contribution in [0.25, 0.3) is 0 Å². The second kappa shape index (κ2) is 21.2. The molecule has 0 aromatic heterocycles. The fourth-order valence-corrected chi connectivity index (χ4v) is 11.0. The first kappa shape index (κ1) is 47.4. The molecule has 2 aliphatic heterocycles. The Hall–Kier alpha value is -5.56. The van der Waals surface area contributed by atoms with Gasteiger partial charge in [0.2, 0.25) is 0 Å². The summed E-state index contributed by atoms with van der Waals surface area (Å²) >= 11 is 3.67. The average molecular weight is 920 g/mol. The fraction of sp³-hybridized carbons (Fsp3) is 0.204. The number of benzene rings is 7. The molecule has 0 saturated carbocycles. The van der Waals surface area contributed by atoms with Gasteiger partial charge in [0.05, 0.1) is 19.1 Å². The van der Waals surface area contributed by atoms with Gasteiger partial charge >= 0.3 is 7.12 Å². The minimum atomic E-state index is -3.43. The van der Waals surface area contributed by atoms with E-state index in [0.29, 0.717) is 16.3 Å². The number of fused-ring (bicyclic) bond motifs is 4. The van der Waals surface area contributed by atoms with Gasteiger partial charge < -0.3 is 19.5 Å². The SMILES string of the molecule is CC(=NCS(=O)(=O)c1ccc(C)cc1)c1ccc2c(c1)Cc1ccccc1S2.COc1ccc(B(O)O)cc1C.COc1ccc(C(C)c2ccc3c(c2)Cc2ccccc2S3)cc1C. The number of sulfone groups is 1. The normalized spacial score (nSPS) is 13.0. The summed E-state index contributed by atoms with van der Waals surface area (Å²) in [6.45, 7) is 10.1. The Bertz CT molecular complexity index is 2950. The molecule has 9 rings (SSSR count). The van der Waals surface area contributed by atoms with E-state index in [2.05, 4.69) is 116 Å². The first-order chi connectivity index (χ1) is 31.2. The van der Waals surface area contributed by atoms with E-state index in [4.69, 9.17) is 19.5 Å². The third-order valence-corrected chi connectivity index (χ3v) is 15.6. The van der Waals surface area contributed by atoms with Crippen LogP contribution >= 0.6 is 23.5 Å². The second-order valence-corrected chi connectivity index (χ2v) is 20.4. The smallest absolute Gasteiger partial charge is 0.488 e. The molecule has 7 nitrogen and oxygen atoms in total. The van der Waals surface area contributed by atoms with Gasteiger partial charge in [-0.3, -0.25) is 4.99 Å². The number of methoxy groups -OCH3 is 2. The molecule has 0 amide bonds. The molecular formula is C54H54BNO6S3. The molecule has 0 bridgehead atoms. The predicted octanol–water partition coefficient (Wildman–Crippen LogP) is 11.2. The molecule has 7 aromatic carbocycles. The molecule has 7 aromatic rings. The number of aryl methyl sites for hydroxylation is 3. The number of nitrogens with zero attached hydrogens (tertiary/aromatic N) is 1. The number of hydrogen-bond donors (Lipinski definition) is 2. The largest absolute Gasteiger partial charge is 0.496 e. The summed E-state index contributed by atoms with van der Waals surface area (Å²) in [4.78, 5) is 10.0. The van der Waals surface area contributed by atoms with E-state index in [-0.39, 0.29) is 5.88 Å². The van der Waals surface area contributed by atoms with Crippen LogP contribution in [0.4, 0.5) is 0 Å². The maximum Gasteiger partial charge on any atom is 0.488 e. The van der Waals surface area contributed by atoms with Crippen molar-refractivity contribution in [3.63, 3.8) is 0 Å². The molecule has 0 aliphatic carbocycles. The van der Waals surface area contributed by atoms with E-state index in [1.807, 2.05) is 50.7 Å². The second-order valence-electron chi connectivity index (χ2n) is 16.3. The van der Waals surface area contributed by atoms with Crippen LogP contribution in [-0.4, -0.2) is 51.4 Å². The van der Waals surface area contributed by atoms with Crippen molar-refractivity contribution in [1.29, 1.82) is 0 Å². The quantitative estimate of drug-likeness (QED) is 0.109. The molecule has 2 N–H and O–H groups in total. The maximum atomic E-state index is 12.5. The van der Waals surface area contributed by atoms with Crippen molar-refractivity contribution in [1.82, 2.24) is 0 Å². The minimum absolute atomic E-state index is 0.240. The lowest BCUT2D eigenvalue weighted by molar-refractivity contribution is 0.411. The Balaban J connectivity index is 0.000000157. The van der Waals surface area contributed by atoms with Gasteiger partial charge in [-0.2, -0.15) is 0 Å². The highest BCUT2D eigenvalue weighted by Gasteiger charge is 2.20. The highest BCUT2D eigenvalue weighted by molar-refractivity contribution is 7.99. The highest BCUT2D eigenvalue weighted by atomic mass is 32.2. The molecule has 2 aliphatic rings. The third-order valence-electron chi connectivity index (χ3n) is 11.7. The Labute approximate surface area is 393 Å². The molecule has 65 heavy (non-hydrogen) atoms. The molecule has 11 heteroatoms. The molecule has 2 heterocycles. The maximum absolute atomic E-state index is 12.5. The average Bonchev–Trinajstić information content (AvgIpc) is 3.31. The van der Waals surface area contributed by atoms with Crippen LogP contribution in [-0.2, 0) is 22.7 Å². The zero-order valence-electron chi connectivity index (χ0n) is 37.8. The van der Waals surface area contributed by atoms with E-state index >= 15 is 0 Å². The summed E-state index contributed by atoms with van der Waals surface area (Å²) in [7, 11) is -1.53. The number of aliphatic imine (C=N–C) groups is 1. The number of ether oxygens (including phenoxy) is 2. The van der Waals surface area contributed by atoms with Crippen LogP contribution in [0.15, 0.2) is 175 Å². The Morgan fingerprint density at radius 1 is 0.631 bits per heavy atom. The van der Waals surface area contributed by atoms with Crippen LogP contribution in [0.1, 0.15) is 75.4 Å². The van der Waals surface area contributed by atoms with E-state index in [9.17, 15) is 8.42 Å². The summed E-state index contributed by atoms with van der Waals surface area (Å²) in [5.41, 5.74) is 13.5. The molecule has 0 spiro atoms. The van der Waals surface area contributed by atoms with Crippen LogP contribution < -0.4 is 14.9 Å². The van der Waals surface area contributed by atoms with Gasteiger partial charge in [-0.15, -0.1) is 0 Å². The van der Waals surface area contributed by atoms with Crippen molar-refractivity contribution < 1.29 is 27.9 Å². The van der Waals surface area contributed by atoms with Gasteiger partial charge in [0.25, 0.3) is 0 Å². The fourth-order valence-electron chi connectivity index (χ4n) is 7.81. The number of rotatable bonds is 9. The van der Waals surface area contributed by atoms with E-state index in [1.54, 1.807) is 56.3 Å². The van der Waals surface area contributed by atoms with Crippen LogP contribution in [0.5, 0.6) is 11.5 Å². The highest BCUT2D eigenvalue weighted by Crippen LogP contribution is 2.42. The van der Waals surface area contributed by atoms with Crippen molar-refractivity contribution in [3.8, 4) is 11.5 Å². The first-order valence-corrected chi connectivity index (χ1v) is 24.7. The molecule has 1 unspecified atom stereocenters.